The minimum absolute atomic E-state index is 0.193. The average Bonchev–Trinajstić information content (AvgIpc) is 3.46. The molecule has 0 N–H and O–H groups in total. The molecule has 3 aromatic carbocycles. The van der Waals surface area contributed by atoms with E-state index in [1.165, 1.54) is 17.4 Å². The topological polar surface area (TPSA) is 65.7 Å². The van der Waals surface area contributed by atoms with Crippen LogP contribution in [0.2, 0.25) is 0 Å². The minimum atomic E-state index is -0.314. The second-order valence-corrected chi connectivity index (χ2v) is 9.50. The van der Waals surface area contributed by atoms with Gasteiger partial charge in [0.25, 0.3) is 5.56 Å². The fourth-order valence-corrected chi connectivity index (χ4v) is 5.02. The molecule has 192 valence electrons. The summed E-state index contributed by atoms with van der Waals surface area (Å²) in [5, 5.41) is 0.486. The maximum absolute atomic E-state index is 13.8. The average molecular weight is 500 g/mol. The second kappa shape index (κ2) is 11.5. The molecule has 0 saturated carbocycles. The van der Waals surface area contributed by atoms with Gasteiger partial charge >= 0.3 is 5.69 Å². The third-order valence-electron chi connectivity index (χ3n) is 7.00. The zero-order valence-electron chi connectivity index (χ0n) is 21.3. The highest BCUT2D eigenvalue weighted by molar-refractivity contribution is 5.84. The molecular weight excluding hydrogens is 466 g/mol. The van der Waals surface area contributed by atoms with Gasteiger partial charge in [-0.2, -0.15) is 0 Å². The van der Waals surface area contributed by atoms with Crippen molar-refractivity contribution in [3.05, 3.63) is 105 Å². The lowest BCUT2D eigenvalue weighted by molar-refractivity contribution is 0.306. The monoisotopic (exact) mass is 499 g/mol. The predicted octanol–water partition coefficient (Wildman–Crippen LogP) is 4.29. The summed E-state index contributed by atoms with van der Waals surface area (Å²) in [5.41, 5.74) is 1.83. The highest BCUT2D eigenvalue weighted by Crippen LogP contribution is 2.24. The van der Waals surface area contributed by atoms with Crippen LogP contribution in [0.5, 0.6) is 11.5 Å². The quantitative estimate of drug-likeness (QED) is 0.326. The number of fused-ring (bicyclic) bond motifs is 1. The zero-order chi connectivity index (χ0) is 25.6. The van der Waals surface area contributed by atoms with Gasteiger partial charge in [-0.25, -0.2) is 4.79 Å². The first kappa shape index (κ1) is 24.8. The summed E-state index contributed by atoms with van der Waals surface area (Å²) in [6.07, 6.45) is 3.28. The lowest BCUT2D eigenvalue weighted by Crippen LogP contribution is -2.41. The van der Waals surface area contributed by atoms with Gasteiger partial charge in [0.1, 0.15) is 23.6 Å². The van der Waals surface area contributed by atoms with Crippen LogP contribution < -0.4 is 20.7 Å². The summed E-state index contributed by atoms with van der Waals surface area (Å²) in [7, 11) is 1.61. The molecular formula is C30H33N3O4. The first-order valence-electron chi connectivity index (χ1n) is 12.9. The molecule has 0 unspecified atom stereocenters. The van der Waals surface area contributed by atoms with Crippen LogP contribution in [0.1, 0.15) is 30.4 Å². The summed E-state index contributed by atoms with van der Waals surface area (Å²) in [6.45, 7) is 4.21. The van der Waals surface area contributed by atoms with Gasteiger partial charge in [-0.05, 0) is 74.3 Å². The number of aromatic nitrogens is 2. The largest absolute Gasteiger partial charge is 0.497 e. The van der Waals surface area contributed by atoms with Crippen molar-refractivity contribution >= 4 is 10.9 Å². The van der Waals surface area contributed by atoms with Crippen molar-refractivity contribution in [3.8, 4) is 11.5 Å². The molecule has 0 bridgehead atoms. The number of hydrogen-bond acceptors (Lipinski definition) is 5. The van der Waals surface area contributed by atoms with Gasteiger partial charge in [0.15, 0.2) is 0 Å². The Morgan fingerprint density at radius 3 is 2.27 bits per heavy atom. The van der Waals surface area contributed by atoms with Crippen LogP contribution in [-0.4, -0.2) is 40.8 Å². The van der Waals surface area contributed by atoms with E-state index in [1.54, 1.807) is 17.7 Å². The summed E-state index contributed by atoms with van der Waals surface area (Å²) < 4.78 is 14.5. The molecule has 0 atom stereocenters. The molecule has 1 saturated heterocycles. The maximum atomic E-state index is 13.8. The van der Waals surface area contributed by atoms with Gasteiger partial charge in [-0.15, -0.1) is 0 Å². The fourth-order valence-electron chi connectivity index (χ4n) is 5.02. The van der Waals surface area contributed by atoms with Crippen LogP contribution in [0, 0.1) is 0 Å². The molecule has 5 rings (SSSR count). The number of hydrogen-bond donors (Lipinski definition) is 0. The number of rotatable bonds is 10. The third-order valence-corrected chi connectivity index (χ3v) is 7.00. The van der Waals surface area contributed by atoms with Crippen molar-refractivity contribution in [1.29, 1.82) is 0 Å². The number of nitrogens with zero attached hydrogens (tertiary/aromatic N) is 3. The Balaban J connectivity index is 1.53. The maximum Gasteiger partial charge on any atom is 0.331 e. The molecule has 7 nitrogen and oxygen atoms in total. The molecule has 1 aliphatic rings. The highest BCUT2D eigenvalue weighted by atomic mass is 16.5. The van der Waals surface area contributed by atoms with Crippen molar-refractivity contribution in [1.82, 2.24) is 14.0 Å². The van der Waals surface area contributed by atoms with E-state index in [2.05, 4.69) is 4.90 Å². The highest BCUT2D eigenvalue weighted by Gasteiger charge is 2.18. The van der Waals surface area contributed by atoms with Crippen molar-refractivity contribution < 1.29 is 9.47 Å². The minimum Gasteiger partial charge on any atom is -0.497 e. The molecule has 0 radical (unpaired) electrons. The zero-order valence-corrected chi connectivity index (χ0v) is 21.3. The number of benzene rings is 3. The Morgan fingerprint density at radius 1 is 0.784 bits per heavy atom. The van der Waals surface area contributed by atoms with Gasteiger partial charge in [0.2, 0.25) is 0 Å². The van der Waals surface area contributed by atoms with Gasteiger partial charge < -0.3 is 14.4 Å². The summed E-state index contributed by atoms with van der Waals surface area (Å²) in [5.74, 6) is 1.28. The lowest BCUT2D eigenvalue weighted by atomic mass is 10.2. The lowest BCUT2D eigenvalue weighted by Gasteiger charge is -2.19. The fraction of sp³-hybridized carbons (Fsp3) is 0.333. The van der Waals surface area contributed by atoms with Crippen molar-refractivity contribution in [2.24, 2.45) is 0 Å². The number of ether oxygens (including phenoxy) is 2. The number of likely N-dealkylation sites (tertiary alicyclic amines) is 1. The summed E-state index contributed by atoms with van der Waals surface area (Å²) in [4.78, 5) is 29.9. The molecule has 37 heavy (non-hydrogen) atoms. The van der Waals surface area contributed by atoms with Crippen molar-refractivity contribution in [2.45, 2.75) is 39.0 Å². The molecule has 4 aromatic rings. The number of para-hydroxylation sites is 1. The van der Waals surface area contributed by atoms with Crippen LogP contribution in [0.3, 0.4) is 0 Å². The van der Waals surface area contributed by atoms with Gasteiger partial charge in [0.05, 0.1) is 19.0 Å². The Hall–Kier alpha value is -3.84. The molecule has 1 aliphatic heterocycles. The van der Waals surface area contributed by atoms with E-state index >= 15 is 0 Å². The Labute approximate surface area is 216 Å². The van der Waals surface area contributed by atoms with Crippen LogP contribution >= 0.6 is 0 Å². The van der Waals surface area contributed by atoms with Gasteiger partial charge in [-0.3, -0.25) is 13.9 Å². The Kier molecular flexibility index (Phi) is 7.70. The second-order valence-electron chi connectivity index (χ2n) is 9.50. The molecule has 0 spiro atoms. The molecule has 1 aromatic heterocycles. The van der Waals surface area contributed by atoms with E-state index in [4.69, 9.17) is 9.47 Å². The molecule has 7 heteroatoms. The van der Waals surface area contributed by atoms with Crippen molar-refractivity contribution in [3.63, 3.8) is 0 Å². The van der Waals surface area contributed by atoms with Crippen LogP contribution in [0.25, 0.3) is 10.9 Å². The molecule has 1 fully saturated rings. The van der Waals surface area contributed by atoms with Crippen LogP contribution in [0.4, 0.5) is 0 Å². The van der Waals surface area contributed by atoms with Crippen LogP contribution in [-0.2, 0) is 19.7 Å². The van der Waals surface area contributed by atoms with Crippen molar-refractivity contribution in [2.75, 3.05) is 26.7 Å². The normalized spacial score (nSPS) is 13.8. The third kappa shape index (κ3) is 5.62. The van der Waals surface area contributed by atoms with E-state index in [-0.39, 0.29) is 17.8 Å². The predicted molar refractivity (Wildman–Crippen MR) is 146 cm³/mol. The van der Waals surface area contributed by atoms with E-state index in [9.17, 15) is 9.59 Å². The standard InChI is InChI=1S/C30H33N3O4/c1-36-25-15-13-23(14-16-25)21-33-29(34)26-11-7-12-27(37-22-24-9-3-2-4-10-24)28(26)32(30(33)35)20-8-19-31-17-5-6-18-31/h2-4,7,9-16H,5-6,8,17-22H2,1H3. The molecule has 2 heterocycles. The first-order chi connectivity index (χ1) is 18.1. The Bertz CT molecular complexity index is 1450. The van der Waals surface area contributed by atoms with Gasteiger partial charge in [0, 0.05) is 6.54 Å². The summed E-state index contributed by atoms with van der Waals surface area (Å²) >= 11 is 0. The number of aryl methyl sites for hydroxylation is 1. The Morgan fingerprint density at radius 2 is 1.54 bits per heavy atom. The smallest absolute Gasteiger partial charge is 0.331 e. The van der Waals surface area contributed by atoms with E-state index in [0.29, 0.717) is 29.8 Å². The summed E-state index contributed by atoms with van der Waals surface area (Å²) in [6, 6.07) is 22.8. The van der Waals surface area contributed by atoms with Gasteiger partial charge in [-0.1, -0.05) is 48.5 Å². The SMILES string of the molecule is COc1ccc(Cn2c(=O)c3cccc(OCc4ccccc4)c3n(CCCN3CCCC3)c2=O)cc1. The van der Waals surface area contributed by atoms with E-state index in [1.807, 2.05) is 66.7 Å². The molecule has 0 amide bonds. The number of methoxy groups -OCH3 is 1. The van der Waals surface area contributed by atoms with E-state index < -0.39 is 0 Å². The van der Waals surface area contributed by atoms with E-state index in [0.717, 1.165) is 42.9 Å². The van der Waals surface area contributed by atoms with Crippen LogP contribution in [0.15, 0.2) is 82.4 Å². The molecule has 0 aliphatic carbocycles. The first-order valence-corrected chi connectivity index (χ1v) is 12.9.